The highest BCUT2D eigenvalue weighted by molar-refractivity contribution is 5.95. The number of aliphatic hydroxyl groups excluding tert-OH is 1. The van der Waals surface area contributed by atoms with Gasteiger partial charge in [0.1, 0.15) is 11.4 Å². The average molecular weight is 446 g/mol. The molecule has 10 heteroatoms. The standard InChI is InChI=1S/C22H20F2N2O6/c23-22(24)31-17-2-1-14(6-18(17)32-22)30-9-19(29)26-21-10-20(11-21,12-21)7-16(28)15-5-13(8-27)3-4-25-15/h1-6,27H,7-12H2,(H,26,29). The van der Waals surface area contributed by atoms with E-state index in [0.717, 1.165) is 0 Å². The van der Waals surface area contributed by atoms with Crippen LogP contribution < -0.4 is 19.5 Å². The second-order valence-corrected chi connectivity index (χ2v) is 8.73. The van der Waals surface area contributed by atoms with Gasteiger partial charge in [0.05, 0.1) is 6.61 Å². The zero-order valence-electron chi connectivity index (χ0n) is 16.9. The van der Waals surface area contributed by atoms with Crippen LogP contribution in [0.3, 0.4) is 0 Å². The number of amides is 1. The number of alkyl halides is 2. The zero-order chi connectivity index (χ0) is 22.6. The number of Topliss-reactive ketones (excluding diaryl/α,β-unsaturated/α-hetero) is 1. The molecule has 1 aromatic carbocycles. The van der Waals surface area contributed by atoms with E-state index in [1.165, 1.54) is 24.4 Å². The lowest BCUT2D eigenvalue weighted by Crippen LogP contribution is -2.75. The molecule has 2 bridgehead atoms. The predicted octanol–water partition coefficient (Wildman–Crippen LogP) is 2.59. The number of hydrogen-bond donors (Lipinski definition) is 2. The van der Waals surface area contributed by atoms with Crippen molar-refractivity contribution in [2.75, 3.05) is 6.61 Å². The molecule has 1 aromatic heterocycles. The van der Waals surface area contributed by atoms with E-state index in [-0.39, 0.29) is 53.1 Å². The molecule has 2 N–H and O–H groups in total. The van der Waals surface area contributed by atoms with Crippen LogP contribution in [0, 0.1) is 5.41 Å². The van der Waals surface area contributed by atoms with E-state index in [1.54, 1.807) is 12.1 Å². The maximum absolute atomic E-state index is 13.1. The van der Waals surface area contributed by atoms with Crippen LogP contribution in [0.15, 0.2) is 36.5 Å². The van der Waals surface area contributed by atoms with Gasteiger partial charge in [-0.2, -0.15) is 0 Å². The Hall–Kier alpha value is -3.27. The van der Waals surface area contributed by atoms with Crippen LogP contribution in [0.4, 0.5) is 8.78 Å². The van der Waals surface area contributed by atoms with Gasteiger partial charge in [-0.3, -0.25) is 14.6 Å². The van der Waals surface area contributed by atoms with Gasteiger partial charge >= 0.3 is 6.29 Å². The Morgan fingerprint density at radius 1 is 1.12 bits per heavy atom. The molecule has 1 amide bonds. The van der Waals surface area contributed by atoms with Gasteiger partial charge in [0.2, 0.25) is 0 Å². The molecule has 2 heterocycles. The fraction of sp³-hybridized carbons (Fsp3) is 0.409. The molecule has 3 aliphatic carbocycles. The van der Waals surface area contributed by atoms with E-state index < -0.39 is 6.29 Å². The van der Waals surface area contributed by atoms with Crippen LogP contribution in [0.2, 0.25) is 0 Å². The van der Waals surface area contributed by atoms with E-state index in [0.29, 0.717) is 36.9 Å². The quantitative estimate of drug-likeness (QED) is 0.601. The van der Waals surface area contributed by atoms with E-state index in [4.69, 9.17) is 4.74 Å². The predicted molar refractivity (Wildman–Crippen MR) is 104 cm³/mol. The first kappa shape index (κ1) is 20.6. The molecule has 168 valence electrons. The van der Waals surface area contributed by atoms with Crippen molar-refractivity contribution >= 4 is 11.7 Å². The van der Waals surface area contributed by atoms with Crippen LogP contribution >= 0.6 is 0 Å². The number of nitrogens with zero attached hydrogens (tertiary/aromatic N) is 1. The number of pyridine rings is 1. The molecule has 8 nitrogen and oxygen atoms in total. The summed E-state index contributed by atoms with van der Waals surface area (Å²) in [6.07, 6.45) is 0.263. The summed E-state index contributed by atoms with van der Waals surface area (Å²) in [7, 11) is 0. The Morgan fingerprint density at radius 2 is 1.88 bits per heavy atom. The molecule has 4 aliphatic rings. The minimum Gasteiger partial charge on any atom is -0.484 e. The number of rotatable bonds is 8. The van der Waals surface area contributed by atoms with Crippen LogP contribution in [0.25, 0.3) is 0 Å². The number of carbonyl (C=O) groups is 2. The summed E-state index contributed by atoms with van der Waals surface area (Å²) >= 11 is 0. The third-order valence-corrected chi connectivity index (χ3v) is 6.12. The smallest absolute Gasteiger partial charge is 0.484 e. The van der Waals surface area contributed by atoms with Crippen molar-refractivity contribution in [3.8, 4) is 17.2 Å². The van der Waals surface area contributed by atoms with Gasteiger partial charge in [0, 0.05) is 24.2 Å². The minimum atomic E-state index is -3.71. The van der Waals surface area contributed by atoms with Gasteiger partial charge < -0.3 is 24.6 Å². The van der Waals surface area contributed by atoms with Gasteiger partial charge in [-0.1, -0.05) is 0 Å². The van der Waals surface area contributed by atoms with Crippen molar-refractivity contribution in [2.45, 2.75) is 44.1 Å². The SMILES string of the molecule is O=C(COc1ccc2c(c1)OC(F)(F)O2)NC12CC(CC(=O)c3cc(CO)ccn3)(C1)C2. The number of hydrogen-bond acceptors (Lipinski definition) is 7. The van der Waals surface area contributed by atoms with Crippen molar-refractivity contribution in [1.82, 2.24) is 10.3 Å². The number of aliphatic hydroxyl groups is 1. The number of fused-ring (bicyclic) bond motifs is 1. The molecule has 0 radical (unpaired) electrons. The number of halogens is 2. The van der Waals surface area contributed by atoms with Gasteiger partial charge in [-0.05, 0) is 54.5 Å². The third-order valence-electron chi connectivity index (χ3n) is 6.12. The normalized spacial score (nSPS) is 26.0. The van der Waals surface area contributed by atoms with Gasteiger partial charge in [-0.25, -0.2) is 0 Å². The summed E-state index contributed by atoms with van der Waals surface area (Å²) in [6, 6.07) is 7.20. The first-order chi connectivity index (χ1) is 15.2. The lowest BCUT2D eigenvalue weighted by Gasteiger charge is -2.70. The van der Waals surface area contributed by atoms with Crippen LogP contribution in [0.1, 0.15) is 41.7 Å². The van der Waals surface area contributed by atoms with Crippen LogP contribution in [-0.4, -0.2) is 40.2 Å². The molecule has 0 saturated heterocycles. The number of benzene rings is 1. The molecular weight excluding hydrogens is 426 g/mol. The van der Waals surface area contributed by atoms with Crippen LogP contribution in [-0.2, 0) is 11.4 Å². The molecule has 0 unspecified atom stereocenters. The van der Waals surface area contributed by atoms with Crippen molar-refractivity contribution in [3.63, 3.8) is 0 Å². The second-order valence-electron chi connectivity index (χ2n) is 8.73. The molecular formula is C22H20F2N2O6. The highest BCUT2D eigenvalue weighted by atomic mass is 19.3. The lowest BCUT2D eigenvalue weighted by molar-refractivity contribution is -0.286. The average Bonchev–Trinajstić information content (AvgIpc) is 3.02. The van der Waals surface area contributed by atoms with E-state index in [9.17, 15) is 23.5 Å². The van der Waals surface area contributed by atoms with E-state index in [2.05, 4.69) is 19.8 Å². The number of carbonyl (C=O) groups excluding carboxylic acids is 2. The lowest BCUT2D eigenvalue weighted by atomic mass is 9.38. The molecule has 0 spiro atoms. The first-order valence-electron chi connectivity index (χ1n) is 10.1. The Bertz CT molecular complexity index is 1090. The Balaban J connectivity index is 1.09. The monoisotopic (exact) mass is 446 g/mol. The summed E-state index contributed by atoms with van der Waals surface area (Å²) in [5, 5.41) is 12.2. The van der Waals surface area contributed by atoms with Crippen molar-refractivity contribution in [1.29, 1.82) is 0 Å². The highest BCUT2D eigenvalue weighted by Gasteiger charge is 2.68. The topological polar surface area (TPSA) is 107 Å². The third kappa shape index (κ3) is 3.75. The van der Waals surface area contributed by atoms with Gasteiger partial charge in [0.25, 0.3) is 5.91 Å². The number of ether oxygens (including phenoxy) is 3. The summed E-state index contributed by atoms with van der Waals surface area (Å²) in [5.74, 6) is -0.448. The summed E-state index contributed by atoms with van der Waals surface area (Å²) in [5.41, 5.74) is 0.540. The minimum absolute atomic E-state index is 0.0726. The fourth-order valence-electron chi connectivity index (χ4n) is 4.97. The Morgan fingerprint density at radius 3 is 2.62 bits per heavy atom. The summed E-state index contributed by atoms with van der Waals surface area (Å²) < 4.78 is 40.2. The molecule has 6 rings (SSSR count). The first-order valence-corrected chi connectivity index (χ1v) is 10.1. The molecule has 3 saturated carbocycles. The van der Waals surface area contributed by atoms with Crippen molar-refractivity contribution in [2.24, 2.45) is 5.41 Å². The van der Waals surface area contributed by atoms with Gasteiger partial charge in [-0.15, -0.1) is 8.78 Å². The molecule has 1 aliphatic heterocycles. The molecule has 0 atom stereocenters. The Kier molecular flexibility index (Phi) is 4.59. The Labute approximate surface area is 181 Å². The zero-order valence-corrected chi connectivity index (χ0v) is 16.9. The van der Waals surface area contributed by atoms with Crippen LogP contribution in [0.5, 0.6) is 17.2 Å². The number of aromatic nitrogens is 1. The van der Waals surface area contributed by atoms with E-state index in [1.807, 2.05) is 0 Å². The van der Waals surface area contributed by atoms with Gasteiger partial charge in [0.15, 0.2) is 23.9 Å². The van der Waals surface area contributed by atoms with E-state index >= 15 is 0 Å². The summed E-state index contributed by atoms with van der Waals surface area (Å²) in [4.78, 5) is 28.9. The fourth-order valence-corrected chi connectivity index (χ4v) is 4.97. The maximum Gasteiger partial charge on any atom is 0.586 e. The number of nitrogens with one attached hydrogen (secondary N) is 1. The van der Waals surface area contributed by atoms with Crippen molar-refractivity contribution in [3.05, 3.63) is 47.8 Å². The molecule has 32 heavy (non-hydrogen) atoms. The maximum atomic E-state index is 13.1. The highest BCUT2D eigenvalue weighted by Crippen LogP contribution is 2.69. The molecule has 2 aromatic rings. The largest absolute Gasteiger partial charge is 0.586 e. The number of ketones is 1. The second kappa shape index (κ2) is 7.13. The summed E-state index contributed by atoms with van der Waals surface area (Å²) in [6.45, 7) is -0.425. The molecule has 3 fully saturated rings. The van der Waals surface area contributed by atoms with Crippen molar-refractivity contribution < 1.29 is 37.7 Å².